The minimum atomic E-state index is -0.341. The summed E-state index contributed by atoms with van der Waals surface area (Å²) in [6.07, 6.45) is 6.75. The molecule has 0 aromatic rings. The van der Waals surface area contributed by atoms with Gasteiger partial charge < -0.3 is 11.1 Å². The summed E-state index contributed by atoms with van der Waals surface area (Å²) in [6, 6.07) is 0. The summed E-state index contributed by atoms with van der Waals surface area (Å²) >= 11 is 0. The fourth-order valence-electron chi connectivity index (χ4n) is 4.07. The number of nitrogens with zero attached hydrogens (tertiary/aromatic N) is 1. The first-order valence-corrected chi connectivity index (χ1v) is 9.04. The number of hydrogen-bond acceptors (Lipinski definition) is 3. The van der Waals surface area contributed by atoms with Crippen molar-refractivity contribution in [3.05, 3.63) is 0 Å². The first-order chi connectivity index (χ1) is 10.2. The van der Waals surface area contributed by atoms with Gasteiger partial charge in [0.05, 0.1) is 5.92 Å². The number of hydrogen-bond donors (Lipinski definition) is 2. The smallest absolute Gasteiger partial charge is 0.225 e. The van der Waals surface area contributed by atoms with E-state index in [0.29, 0.717) is 6.54 Å². The van der Waals surface area contributed by atoms with Crippen molar-refractivity contribution in [2.45, 2.75) is 77.3 Å². The monoisotopic (exact) mass is 381 g/mol. The third-order valence-corrected chi connectivity index (χ3v) is 5.78. The maximum absolute atomic E-state index is 12.6. The van der Waals surface area contributed by atoms with Crippen LogP contribution >= 0.6 is 24.8 Å². The highest BCUT2D eigenvalue weighted by molar-refractivity contribution is 5.85. The van der Waals surface area contributed by atoms with Crippen molar-refractivity contribution in [1.29, 1.82) is 0 Å². The number of amides is 1. The number of carbonyl (C=O) groups is 1. The minimum Gasteiger partial charge on any atom is -0.354 e. The standard InChI is InChI=1S/C18H35N3O.2ClH/c1-14-8-7-11-21(12-14)17(2,3)13-20-16(22)15-9-5-6-10-18(15,4)19;;/h14-15H,5-13,19H2,1-4H3,(H,20,22);2*1H. The Bertz CT molecular complexity index is 402. The molecule has 1 aliphatic carbocycles. The summed E-state index contributed by atoms with van der Waals surface area (Å²) in [5.74, 6) is 0.884. The van der Waals surface area contributed by atoms with E-state index >= 15 is 0 Å². The molecule has 3 unspecified atom stereocenters. The van der Waals surface area contributed by atoms with Gasteiger partial charge in [0.2, 0.25) is 5.91 Å². The molecule has 1 heterocycles. The maximum atomic E-state index is 12.6. The second-order valence-electron chi connectivity index (χ2n) is 8.53. The van der Waals surface area contributed by atoms with E-state index in [4.69, 9.17) is 5.73 Å². The summed E-state index contributed by atoms with van der Waals surface area (Å²) < 4.78 is 0. The van der Waals surface area contributed by atoms with E-state index in [1.807, 2.05) is 6.92 Å². The third kappa shape index (κ3) is 6.05. The average molecular weight is 382 g/mol. The molecule has 0 aromatic carbocycles. The molecule has 2 rings (SSSR count). The maximum Gasteiger partial charge on any atom is 0.225 e. The Kier molecular flexibility index (Phi) is 9.60. The molecule has 4 nitrogen and oxygen atoms in total. The van der Waals surface area contributed by atoms with Gasteiger partial charge in [-0.1, -0.05) is 19.8 Å². The number of nitrogens with two attached hydrogens (primary N) is 1. The van der Waals surface area contributed by atoms with Crippen LogP contribution in [0.3, 0.4) is 0 Å². The molecule has 2 fully saturated rings. The van der Waals surface area contributed by atoms with E-state index in [1.165, 1.54) is 12.8 Å². The molecular weight excluding hydrogens is 345 g/mol. The van der Waals surface area contributed by atoms with Gasteiger partial charge in [-0.2, -0.15) is 0 Å². The van der Waals surface area contributed by atoms with Crippen molar-refractivity contribution in [1.82, 2.24) is 10.2 Å². The molecule has 24 heavy (non-hydrogen) atoms. The molecule has 1 aliphatic heterocycles. The molecule has 0 aromatic heterocycles. The van der Waals surface area contributed by atoms with Crippen molar-refractivity contribution in [3.63, 3.8) is 0 Å². The van der Waals surface area contributed by atoms with E-state index in [9.17, 15) is 4.79 Å². The van der Waals surface area contributed by atoms with Gasteiger partial charge in [-0.25, -0.2) is 0 Å². The van der Waals surface area contributed by atoms with E-state index in [0.717, 1.165) is 44.7 Å². The largest absolute Gasteiger partial charge is 0.354 e. The molecule has 2 aliphatic rings. The Balaban J connectivity index is 0.00000264. The molecule has 6 heteroatoms. The van der Waals surface area contributed by atoms with Crippen LogP contribution in [0.4, 0.5) is 0 Å². The number of halogens is 2. The molecule has 1 saturated carbocycles. The second kappa shape index (κ2) is 9.61. The molecule has 0 spiro atoms. The Hall–Kier alpha value is -0.0300. The molecule has 3 atom stereocenters. The van der Waals surface area contributed by atoms with Gasteiger partial charge in [-0.3, -0.25) is 9.69 Å². The lowest BCUT2D eigenvalue weighted by molar-refractivity contribution is -0.128. The summed E-state index contributed by atoms with van der Waals surface area (Å²) in [5.41, 5.74) is 6.03. The molecule has 0 bridgehead atoms. The van der Waals surface area contributed by atoms with Crippen molar-refractivity contribution in [2.24, 2.45) is 17.6 Å². The van der Waals surface area contributed by atoms with Gasteiger partial charge in [0.25, 0.3) is 0 Å². The van der Waals surface area contributed by atoms with Gasteiger partial charge in [0, 0.05) is 24.2 Å². The highest BCUT2D eigenvalue weighted by atomic mass is 35.5. The Morgan fingerprint density at radius 1 is 1.25 bits per heavy atom. The second-order valence-corrected chi connectivity index (χ2v) is 8.53. The van der Waals surface area contributed by atoms with Gasteiger partial charge in [0.15, 0.2) is 0 Å². The quantitative estimate of drug-likeness (QED) is 0.784. The number of rotatable bonds is 4. The fraction of sp³-hybridized carbons (Fsp3) is 0.944. The molecule has 1 saturated heterocycles. The van der Waals surface area contributed by atoms with Crippen LogP contribution < -0.4 is 11.1 Å². The fourth-order valence-corrected chi connectivity index (χ4v) is 4.07. The molecule has 144 valence electrons. The number of carbonyl (C=O) groups excluding carboxylic acids is 1. The summed E-state index contributed by atoms with van der Waals surface area (Å²) in [7, 11) is 0. The zero-order chi connectivity index (χ0) is 16.4. The average Bonchev–Trinajstić information content (AvgIpc) is 2.44. The zero-order valence-corrected chi connectivity index (χ0v) is 17.4. The molecule has 3 N–H and O–H groups in total. The molecular formula is C18H37Cl2N3O. The first-order valence-electron chi connectivity index (χ1n) is 9.04. The predicted molar refractivity (Wildman–Crippen MR) is 106 cm³/mol. The minimum absolute atomic E-state index is 0. The first kappa shape index (κ1) is 24.0. The number of nitrogens with one attached hydrogen (secondary N) is 1. The van der Waals surface area contributed by atoms with Gasteiger partial charge in [-0.15, -0.1) is 24.8 Å². The van der Waals surface area contributed by atoms with Crippen LogP contribution in [0.2, 0.25) is 0 Å². The van der Waals surface area contributed by atoms with Crippen molar-refractivity contribution >= 4 is 30.7 Å². The van der Waals surface area contributed by atoms with Crippen LogP contribution in [0.15, 0.2) is 0 Å². The van der Waals surface area contributed by atoms with E-state index in [-0.39, 0.29) is 47.7 Å². The summed E-state index contributed by atoms with van der Waals surface area (Å²) in [5, 5.41) is 3.20. The van der Waals surface area contributed by atoms with Crippen molar-refractivity contribution in [2.75, 3.05) is 19.6 Å². The van der Waals surface area contributed by atoms with E-state index < -0.39 is 0 Å². The molecule has 1 amide bonds. The van der Waals surface area contributed by atoms with Gasteiger partial charge >= 0.3 is 0 Å². The van der Waals surface area contributed by atoms with Crippen LogP contribution in [0.25, 0.3) is 0 Å². The van der Waals surface area contributed by atoms with Gasteiger partial charge in [0.1, 0.15) is 0 Å². The highest BCUT2D eigenvalue weighted by Crippen LogP contribution is 2.32. The Morgan fingerprint density at radius 3 is 2.50 bits per heavy atom. The Morgan fingerprint density at radius 2 is 1.92 bits per heavy atom. The van der Waals surface area contributed by atoms with Crippen LogP contribution in [0.1, 0.15) is 66.2 Å². The van der Waals surface area contributed by atoms with E-state index in [2.05, 4.69) is 31.0 Å². The van der Waals surface area contributed by atoms with E-state index in [1.54, 1.807) is 0 Å². The number of piperidine rings is 1. The lowest BCUT2D eigenvalue weighted by Crippen LogP contribution is -2.58. The van der Waals surface area contributed by atoms with Crippen LogP contribution in [0.5, 0.6) is 0 Å². The molecule has 0 radical (unpaired) electrons. The third-order valence-electron chi connectivity index (χ3n) is 5.78. The predicted octanol–water partition coefficient (Wildman–Crippen LogP) is 3.36. The van der Waals surface area contributed by atoms with Crippen LogP contribution in [0, 0.1) is 11.8 Å². The summed E-state index contributed by atoms with van der Waals surface area (Å²) in [4.78, 5) is 15.1. The Labute approximate surface area is 160 Å². The normalized spacial score (nSPS) is 31.5. The van der Waals surface area contributed by atoms with Crippen molar-refractivity contribution < 1.29 is 4.79 Å². The lowest BCUT2D eigenvalue weighted by Gasteiger charge is -2.44. The SMILES string of the molecule is CC1CCCN(C(C)(C)CNC(=O)C2CCCCC2(C)N)C1.Cl.Cl. The highest BCUT2D eigenvalue weighted by Gasteiger charge is 2.38. The van der Waals surface area contributed by atoms with Crippen LogP contribution in [-0.2, 0) is 4.79 Å². The van der Waals surface area contributed by atoms with Crippen LogP contribution in [-0.4, -0.2) is 41.5 Å². The zero-order valence-electron chi connectivity index (χ0n) is 15.8. The van der Waals surface area contributed by atoms with Crippen molar-refractivity contribution in [3.8, 4) is 0 Å². The lowest BCUT2D eigenvalue weighted by atomic mass is 9.74. The summed E-state index contributed by atoms with van der Waals surface area (Å²) in [6.45, 7) is 11.8. The number of likely N-dealkylation sites (tertiary alicyclic amines) is 1. The topological polar surface area (TPSA) is 58.4 Å². The van der Waals surface area contributed by atoms with Gasteiger partial charge in [-0.05, 0) is 58.9 Å².